The molecule has 1 aliphatic rings. The van der Waals surface area contributed by atoms with Crippen LogP contribution in [0.5, 0.6) is 5.75 Å². The number of hydrogen-bond acceptors (Lipinski definition) is 3. The maximum atomic E-state index is 10.9. The van der Waals surface area contributed by atoms with E-state index in [-0.39, 0.29) is 12.3 Å². The number of carboxylic acids is 1. The van der Waals surface area contributed by atoms with Gasteiger partial charge in [-0.25, -0.2) is 0 Å². The third-order valence-corrected chi connectivity index (χ3v) is 3.16. The molecule has 4 heteroatoms. The second-order valence-electron chi connectivity index (χ2n) is 4.32. The van der Waals surface area contributed by atoms with Crippen molar-refractivity contribution in [3.63, 3.8) is 0 Å². The van der Waals surface area contributed by atoms with Gasteiger partial charge in [0.1, 0.15) is 5.75 Å². The average Bonchev–Trinajstić information content (AvgIpc) is 2.51. The largest absolute Gasteiger partial charge is 0.497 e. The van der Waals surface area contributed by atoms with Crippen molar-refractivity contribution in [2.45, 2.75) is 25.2 Å². The zero-order chi connectivity index (χ0) is 12.3. The topological polar surface area (TPSA) is 58.6 Å². The van der Waals surface area contributed by atoms with Crippen LogP contribution >= 0.6 is 0 Å². The Kier molecular flexibility index (Phi) is 3.52. The van der Waals surface area contributed by atoms with E-state index < -0.39 is 5.97 Å². The molecule has 0 amide bonds. The second kappa shape index (κ2) is 5.08. The SMILES string of the molecule is COc1ccc2c(c1)C(CC(=O)O)CCCN2. The summed E-state index contributed by atoms with van der Waals surface area (Å²) in [5.41, 5.74) is 2.10. The van der Waals surface area contributed by atoms with Crippen LogP contribution in [0.25, 0.3) is 0 Å². The summed E-state index contributed by atoms with van der Waals surface area (Å²) in [6.07, 6.45) is 2.08. The standard InChI is InChI=1S/C13H17NO3/c1-17-10-4-5-12-11(8-10)9(7-13(15)16)3-2-6-14-12/h4-5,8-9,14H,2-3,6-7H2,1H3,(H,15,16). The first-order chi connectivity index (χ1) is 8.20. The second-order valence-corrected chi connectivity index (χ2v) is 4.32. The van der Waals surface area contributed by atoms with Gasteiger partial charge in [-0.3, -0.25) is 4.79 Å². The first kappa shape index (κ1) is 11.8. The van der Waals surface area contributed by atoms with Crippen molar-refractivity contribution in [1.29, 1.82) is 0 Å². The molecule has 2 rings (SSSR count). The molecule has 0 aliphatic carbocycles. The Morgan fingerprint density at radius 1 is 1.59 bits per heavy atom. The third kappa shape index (κ3) is 2.70. The van der Waals surface area contributed by atoms with Gasteiger partial charge in [-0.05, 0) is 42.5 Å². The molecule has 1 heterocycles. The number of nitrogens with one attached hydrogen (secondary N) is 1. The van der Waals surface area contributed by atoms with E-state index in [0.29, 0.717) is 0 Å². The highest BCUT2D eigenvalue weighted by Gasteiger charge is 2.21. The van der Waals surface area contributed by atoms with Crippen molar-refractivity contribution in [2.75, 3.05) is 19.0 Å². The number of fused-ring (bicyclic) bond motifs is 1. The number of ether oxygens (including phenoxy) is 1. The van der Waals surface area contributed by atoms with Gasteiger partial charge in [0.15, 0.2) is 0 Å². The smallest absolute Gasteiger partial charge is 0.303 e. The minimum absolute atomic E-state index is 0.0765. The van der Waals surface area contributed by atoms with Gasteiger partial charge >= 0.3 is 5.97 Å². The van der Waals surface area contributed by atoms with Crippen LogP contribution in [0.4, 0.5) is 5.69 Å². The highest BCUT2D eigenvalue weighted by Crippen LogP contribution is 2.35. The van der Waals surface area contributed by atoms with E-state index in [1.807, 2.05) is 18.2 Å². The van der Waals surface area contributed by atoms with Crippen LogP contribution in [-0.2, 0) is 4.79 Å². The van der Waals surface area contributed by atoms with Gasteiger partial charge in [-0.1, -0.05) is 0 Å². The highest BCUT2D eigenvalue weighted by molar-refractivity contribution is 5.69. The van der Waals surface area contributed by atoms with Crippen molar-refractivity contribution in [3.05, 3.63) is 23.8 Å². The van der Waals surface area contributed by atoms with Gasteiger partial charge in [0.25, 0.3) is 0 Å². The molecule has 2 N–H and O–H groups in total. The summed E-state index contributed by atoms with van der Waals surface area (Å²) in [5, 5.41) is 12.3. The van der Waals surface area contributed by atoms with E-state index in [0.717, 1.165) is 36.4 Å². The quantitative estimate of drug-likeness (QED) is 0.845. The molecule has 4 nitrogen and oxygen atoms in total. The molecule has 17 heavy (non-hydrogen) atoms. The number of methoxy groups -OCH3 is 1. The minimum Gasteiger partial charge on any atom is -0.497 e. The molecule has 1 aliphatic heterocycles. The van der Waals surface area contributed by atoms with E-state index in [4.69, 9.17) is 9.84 Å². The van der Waals surface area contributed by atoms with Gasteiger partial charge < -0.3 is 15.2 Å². The Balaban J connectivity index is 2.34. The molecule has 1 atom stereocenters. The Morgan fingerprint density at radius 2 is 2.41 bits per heavy atom. The minimum atomic E-state index is -0.745. The van der Waals surface area contributed by atoms with Gasteiger partial charge in [0.2, 0.25) is 0 Å². The number of aliphatic carboxylic acids is 1. The molecule has 0 spiro atoms. The number of rotatable bonds is 3. The lowest BCUT2D eigenvalue weighted by atomic mass is 9.91. The first-order valence-electron chi connectivity index (χ1n) is 5.84. The predicted molar refractivity (Wildman–Crippen MR) is 65.7 cm³/mol. The maximum Gasteiger partial charge on any atom is 0.303 e. The van der Waals surface area contributed by atoms with Crippen LogP contribution in [0.2, 0.25) is 0 Å². The first-order valence-corrected chi connectivity index (χ1v) is 5.84. The fourth-order valence-electron chi connectivity index (χ4n) is 2.32. The summed E-state index contributed by atoms with van der Waals surface area (Å²) in [4.78, 5) is 10.9. The number of benzene rings is 1. The summed E-state index contributed by atoms with van der Waals surface area (Å²) in [7, 11) is 1.62. The van der Waals surface area contributed by atoms with E-state index in [1.165, 1.54) is 0 Å². The summed E-state index contributed by atoms with van der Waals surface area (Å²) < 4.78 is 5.20. The van der Waals surface area contributed by atoms with Crippen molar-refractivity contribution in [3.8, 4) is 5.75 Å². The van der Waals surface area contributed by atoms with Crippen LogP contribution in [-0.4, -0.2) is 24.7 Å². The van der Waals surface area contributed by atoms with Crippen molar-refractivity contribution in [2.24, 2.45) is 0 Å². The van der Waals surface area contributed by atoms with Gasteiger partial charge in [-0.2, -0.15) is 0 Å². The average molecular weight is 235 g/mol. The summed E-state index contributed by atoms with van der Waals surface area (Å²) >= 11 is 0. The molecule has 0 radical (unpaired) electrons. The van der Waals surface area contributed by atoms with Crippen LogP contribution in [0.1, 0.15) is 30.7 Å². The predicted octanol–water partition coefficient (Wildman–Crippen LogP) is 2.46. The number of carboxylic acid groups (broad SMARTS) is 1. The molecule has 92 valence electrons. The van der Waals surface area contributed by atoms with Crippen LogP contribution < -0.4 is 10.1 Å². The van der Waals surface area contributed by atoms with Crippen molar-refractivity contribution >= 4 is 11.7 Å². The van der Waals surface area contributed by atoms with E-state index in [9.17, 15) is 4.79 Å². The molecule has 1 aromatic carbocycles. The van der Waals surface area contributed by atoms with Gasteiger partial charge in [-0.15, -0.1) is 0 Å². The van der Waals surface area contributed by atoms with Crippen molar-refractivity contribution < 1.29 is 14.6 Å². The zero-order valence-corrected chi connectivity index (χ0v) is 9.90. The Hall–Kier alpha value is -1.71. The summed E-state index contributed by atoms with van der Waals surface area (Å²) in [5.74, 6) is 0.112. The van der Waals surface area contributed by atoms with Gasteiger partial charge in [0.05, 0.1) is 13.5 Å². The fraction of sp³-hybridized carbons (Fsp3) is 0.462. The molecule has 0 saturated carbocycles. The lowest BCUT2D eigenvalue weighted by Crippen LogP contribution is -2.06. The monoisotopic (exact) mass is 235 g/mol. The lowest BCUT2D eigenvalue weighted by molar-refractivity contribution is -0.137. The third-order valence-electron chi connectivity index (χ3n) is 3.16. The maximum absolute atomic E-state index is 10.9. The van der Waals surface area contributed by atoms with E-state index >= 15 is 0 Å². The molecule has 1 aromatic rings. The Morgan fingerprint density at radius 3 is 3.12 bits per heavy atom. The number of anilines is 1. The molecular weight excluding hydrogens is 218 g/mol. The summed E-state index contributed by atoms with van der Waals surface area (Å²) in [6.45, 7) is 0.898. The fourth-order valence-corrected chi connectivity index (χ4v) is 2.32. The van der Waals surface area contributed by atoms with Crippen LogP contribution in [0.3, 0.4) is 0 Å². The zero-order valence-electron chi connectivity index (χ0n) is 9.90. The normalized spacial score (nSPS) is 18.8. The van der Waals surface area contributed by atoms with Crippen molar-refractivity contribution in [1.82, 2.24) is 0 Å². The van der Waals surface area contributed by atoms with E-state index in [1.54, 1.807) is 7.11 Å². The Bertz CT molecular complexity index is 417. The highest BCUT2D eigenvalue weighted by atomic mass is 16.5. The van der Waals surface area contributed by atoms with Crippen LogP contribution in [0.15, 0.2) is 18.2 Å². The molecule has 0 saturated heterocycles. The van der Waals surface area contributed by atoms with Gasteiger partial charge in [0, 0.05) is 12.2 Å². The molecule has 0 fully saturated rings. The molecule has 1 unspecified atom stereocenters. The number of carbonyl (C=O) groups is 1. The number of hydrogen-bond donors (Lipinski definition) is 2. The lowest BCUT2D eigenvalue weighted by Gasteiger charge is -2.16. The summed E-state index contributed by atoms with van der Waals surface area (Å²) in [6, 6.07) is 5.81. The van der Waals surface area contributed by atoms with E-state index in [2.05, 4.69) is 5.32 Å². The molecule has 0 aromatic heterocycles. The Labute approximate surface area is 101 Å². The molecule has 0 bridgehead atoms. The van der Waals surface area contributed by atoms with Crippen LogP contribution in [0, 0.1) is 0 Å². The molecular formula is C13H17NO3.